The molecule has 124 valence electrons. The topological polar surface area (TPSA) is 64.2 Å². The van der Waals surface area contributed by atoms with E-state index in [1.54, 1.807) is 6.07 Å². The molecule has 0 saturated carbocycles. The maximum atomic E-state index is 12.9. The normalized spacial score (nSPS) is 17.8. The second-order valence-corrected chi connectivity index (χ2v) is 6.48. The number of likely N-dealkylation sites (tertiary alicyclic amines) is 1. The maximum Gasteiger partial charge on any atom is 0.289 e. The average molecular weight is 324 g/mol. The van der Waals surface area contributed by atoms with Gasteiger partial charge in [-0.3, -0.25) is 9.48 Å². The van der Waals surface area contributed by atoms with Crippen molar-refractivity contribution in [3.05, 3.63) is 47.6 Å². The first-order chi connectivity index (χ1) is 11.6. The van der Waals surface area contributed by atoms with Gasteiger partial charge in [0, 0.05) is 24.5 Å². The van der Waals surface area contributed by atoms with Crippen LogP contribution >= 0.6 is 0 Å². The van der Waals surface area contributed by atoms with Crippen molar-refractivity contribution in [1.82, 2.24) is 19.7 Å². The molecule has 24 heavy (non-hydrogen) atoms. The molecule has 0 radical (unpaired) electrons. The Morgan fingerprint density at radius 3 is 3.04 bits per heavy atom. The molecule has 1 aliphatic rings. The van der Waals surface area contributed by atoms with Gasteiger partial charge in [0.2, 0.25) is 0 Å². The van der Waals surface area contributed by atoms with Crippen LogP contribution in [-0.4, -0.2) is 38.2 Å². The molecule has 0 spiro atoms. The number of carbonyl (C=O) groups excluding carboxylic acids is 1. The third-order valence-electron chi connectivity index (χ3n) is 4.52. The summed E-state index contributed by atoms with van der Waals surface area (Å²) in [5.74, 6) is 0.309. The second kappa shape index (κ2) is 5.78. The summed E-state index contributed by atoms with van der Waals surface area (Å²) in [6.45, 7) is 5.42. The first-order valence-electron chi connectivity index (χ1n) is 8.27. The molecule has 0 bridgehead atoms. The number of hydrogen-bond acceptors (Lipinski definition) is 4. The molecule has 6 heteroatoms. The molecule has 0 aliphatic carbocycles. The Bertz CT molecular complexity index is 895. The Morgan fingerprint density at radius 2 is 2.25 bits per heavy atom. The van der Waals surface area contributed by atoms with Crippen molar-refractivity contribution >= 4 is 17.0 Å². The van der Waals surface area contributed by atoms with E-state index in [1.807, 2.05) is 48.0 Å². The molecular formula is C18H20N4O2. The summed E-state index contributed by atoms with van der Waals surface area (Å²) in [5.41, 5.74) is 3.43. The van der Waals surface area contributed by atoms with Crippen LogP contribution in [0.5, 0.6) is 0 Å². The van der Waals surface area contributed by atoms with Gasteiger partial charge < -0.3 is 9.32 Å². The Kier molecular flexibility index (Phi) is 3.59. The van der Waals surface area contributed by atoms with Crippen LogP contribution < -0.4 is 0 Å². The van der Waals surface area contributed by atoms with Gasteiger partial charge in [-0.2, -0.15) is 5.10 Å². The van der Waals surface area contributed by atoms with E-state index < -0.39 is 0 Å². The SMILES string of the molecule is Cc1cnn(CC2CCCN2C(=O)c2cc3nc(C)ccc3o2)c1. The summed E-state index contributed by atoms with van der Waals surface area (Å²) in [4.78, 5) is 19.2. The molecule has 1 aliphatic heterocycles. The summed E-state index contributed by atoms with van der Waals surface area (Å²) in [6, 6.07) is 5.65. The Morgan fingerprint density at radius 1 is 1.38 bits per heavy atom. The molecular weight excluding hydrogens is 304 g/mol. The van der Waals surface area contributed by atoms with Crippen LogP contribution in [0.4, 0.5) is 0 Å². The fourth-order valence-corrected chi connectivity index (χ4v) is 3.35. The molecule has 1 unspecified atom stereocenters. The van der Waals surface area contributed by atoms with E-state index in [1.165, 1.54) is 0 Å². The predicted octanol–water partition coefficient (Wildman–Crippen LogP) is 2.95. The Labute approximate surface area is 140 Å². The van der Waals surface area contributed by atoms with Gasteiger partial charge in [0.25, 0.3) is 5.91 Å². The van der Waals surface area contributed by atoms with Crippen LogP contribution in [0, 0.1) is 13.8 Å². The van der Waals surface area contributed by atoms with Crippen LogP contribution in [0.2, 0.25) is 0 Å². The number of fused-ring (bicyclic) bond motifs is 1. The number of furan rings is 1. The minimum atomic E-state index is -0.0583. The smallest absolute Gasteiger partial charge is 0.289 e. The van der Waals surface area contributed by atoms with E-state index >= 15 is 0 Å². The van der Waals surface area contributed by atoms with Crippen molar-refractivity contribution in [2.45, 2.75) is 39.3 Å². The molecule has 1 amide bonds. The third-order valence-corrected chi connectivity index (χ3v) is 4.52. The summed E-state index contributed by atoms with van der Waals surface area (Å²) in [5, 5.41) is 4.34. The first kappa shape index (κ1) is 14.9. The van der Waals surface area contributed by atoms with Gasteiger partial charge in [0.15, 0.2) is 11.3 Å². The number of aromatic nitrogens is 3. The average Bonchev–Trinajstić information content (AvgIpc) is 3.26. The molecule has 1 fully saturated rings. The minimum absolute atomic E-state index is 0.0583. The van der Waals surface area contributed by atoms with Crippen molar-refractivity contribution in [2.75, 3.05) is 6.54 Å². The molecule has 4 rings (SSSR count). The van der Waals surface area contributed by atoms with E-state index in [2.05, 4.69) is 10.1 Å². The van der Waals surface area contributed by atoms with E-state index in [9.17, 15) is 4.79 Å². The Balaban J connectivity index is 1.57. The number of rotatable bonds is 3. The summed E-state index contributed by atoms with van der Waals surface area (Å²) in [6.07, 6.45) is 5.85. The Hall–Kier alpha value is -2.63. The highest BCUT2D eigenvalue weighted by atomic mass is 16.3. The molecule has 0 N–H and O–H groups in total. The predicted molar refractivity (Wildman–Crippen MR) is 89.8 cm³/mol. The summed E-state index contributed by atoms with van der Waals surface area (Å²) < 4.78 is 7.64. The highest BCUT2D eigenvalue weighted by Gasteiger charge is 2.31. The third kappa shape index (κ3) is 2.68. The lowest BCUT2D eigenvalue weighted by molar-refractivity contribution is 0.0691. The monoisotopic (exact) mass is 324 g/mol. The zero-order chi connectivity index (χ0) is 16.7. The fourth-order valence-electron chi connectivity index (χ4n) is 3.35. The zero-order valence-electron chi connectivity index (χ0n) is 13.9. The minimum Gasteiger partial charge on any atom is -0.449 e. The number of pyridine rings is 1. The van der Waals surface area contributed by atoms with E-state index in [4.69, 9.17) is 4.42 Å². The molecule has 1 saturated heterocycles. The number of aryl methyl sites for hydroxylation is 2. The molecule has 4 heterocycles. The van der Waals surface area contributed by atoms with Crippen molar-refractivity contribution in [2.24, 2.45) is 0 Å². The van der Waals surface area contributed by atoms with Gasteiger partial charge in [-0.05, 0) is 44.4 Å². The highest BCUT2D eigenvalue weighted by Crippen LogP contribution is 2.24. The fraction of sp³-hybridized carbons (Fsp3) is 0.389. The largest absolute Gasteiger partial charge is 0.449 e. The van der Waals surface area contributed by atoms with Crippen molar-refractivity contribution in [3.63, 3.8) is 0 Å². The lowest BCUT2D eigenvalue weighted by Crippen LogP contribution is -2.38. The zero-order valence-corrected chi connectivity index (χ0v) is 13.9. The van der Waals surface area contributed by atoms with Crippen LogP contribution in [0.15, 0.2) is 35.0 Å². The molecule has 6 nitrogen and oxygen atoms in total. The van der Waals surface area contributed by atoms with Gasteiger partial charge in [-0.15, -0.1) is 0 Å². The van der Waals surface area contributed by atoms with Crippen LogP contribution in [0.1, 0.15) is 34.7 Å². The van der Waals surface area contributed by atoms with Gasteiger partial charge >= 0.3 is 0 Å². The van der Waals surface area contributed by atoms with Crippen LogP contribution in [0.25, 0.3) is 11.1 Å². The highest BCUT2D eigenvalue weighted by molar-refractivity contribution is 5.95. The molecule has 3 aromatic heterocycles. The lowest BCUT2D eigenvalue weighted by atomic mass is 10.2. The lowest BCUT2D eigenvalue weighted by Gasteiger charge is -2.23. The molecule has 1 atom stereocenters. The summed E-state index contributed by atoms with van der Waals surface area (Å²) in [7, 11) is 0. The number of carbonyl (C=O) groups is 1. The molecule has 0 aromatic carbocycles. The van der Waals surface area contributed by atoms with E-state index in [0.717, 1.165) is 42.7 Å². The van der Waals surface area contributed by atoms with Gasteiger partial charge in [0.1, 0.15) is 5.52 Å². The standard InChI is InChI=1S/C18H20N4O2/c1-12-9-19-21(10-12)11-14-4-3-7-22(14)18(23)17-8-15-16(24-17)6-5-13(2)20-15/h5-6,8-10,14H,3-4,7,11H2,1-2H3. The van der Waals surface area contributed by atoms with Crippen LogP contribution in [0.3, 0.4) is 0 Å². The van der Waals surface area contributed by atoms with Crippen molar-refractivity contribution < 1.29 is 9.21 Å². The number of nitrogens with zero attached hydrogens (tertiary/aromatic N) is 4. The quantitative estimate of drug-likeness (QED) is 0.743. The van der Waals surface area contributed by atoms with E-state index in [0.29, 0.717) is 11.3 Å². The molecule has 3 aromatic rings. The number of hydrogen-bond donors (Lipinski definition) is 0. The van der Waals surface area contributed by atoms with Crippen molar-refractivity contribution in [1.29, 1.82) is 0 Å². The summed E-state index contributed by atoms with van der Waals surface area (Å²) >= 11 is 0. The maximum absolute atomic E-state index is 12.9. The van der Waals surface area contributed by atoms with Crippen LogP contribution in [-0.2, 0) is 6.54 Å². The van der Waals surface area contributed by atoms with Crippen molar-refractivity contribution in [3.8, 4) is 0 Å². The second-order valence-electron chi connectivity index (χ2n) is 6.48. The van der Waals surface area contributed by atoms with E-state index in [-0.39, 0.29) is 11.9 Å². The van der Waals surface area contributed by atoms with Gasteiger partial charge in [0.05, 0.1) is 18.8 Å². The number of amides is 1. The van der Waals surface area contributed by atoms with Gasteiger partial charge in [-0.25, -0.2) is 4.98 Å². The van der Waals surface area contributed by atoms with Gasteiger partial charge in [-0.1, -0.05) is 0 Å². The first-order valence-corrected chi connectivity index (χ1v) is 8.27.